The molecule has 0 spiro atoms. The Morgan fingerprint density at radius 1 is 1.58 bits per heavy atom. The lowest BCUT2D eigenvalue weighted by molar-refractivity contribution is -0.150. The van der Waals surface area contributed by atoms with Crippen LogP contribution >= 0.6 is 0 Å². The first-order valence-corrected chi connectivity index (χ1v) is 6.71. The van der Waals surface area contributed by atoms with E-state index in [1.807, 2.05) is 6.92 Å². The summed E-state index contributed by atoms with van der Waals surface area (Å²) in [4.78, 5) is 23.5. The number of rotatable bonds is 6. The van der Waals surface area contributed by atoms with Gasteiger partial charge in [0.1, 0.15) is 5.54 Å². The van der Waals surface area contributed by atoms with Crippen LogP contribution in [0.1, 0.15) is 39.0 Å². The summed E-state index contributed by atoms with van der Waals surface area (Å²) in [6.45, 7) is 2.25. The normalized spacial score (nSPS) is 28.7. The smallest absolute Gasteiger partial charge is 0.329 e. The van der Waals surface area contributed by atoms with E-state index in [0.717, 1.165) is 12.8 Å². The van der Waals surface area contributed by atoms with E-state index in [-0.39, 0.29) is 25.0 Å². The second kappa shape index (κ2) is 6.86. The molecule has 0 bridgehead atoms. The summed E-state index contributed by atoms with van der Waals surface area (Å²) < 4.78 is 5.04. The standard InChI is InChI=1S/C13H24N2O4/c1-9-4-3-5-13(7-9,12(17)18)15-11(16)6-10(8-14)19-2/h9-10H,3-8,14H2,1-2H3,(H,15,16)(H,17,18). The summed E-state index contributed by atoms with van der Waals surface area (Å²) in [5.41, 5.74) is 4.33. The highest BCUT2D eigenvalue weighted by molar-refractivity contribution is 5.87. The van der Waals surface area contributed by atoms with Crippen molar-refractivity contribution in [3.05, 3.63) is 0 Å². The maximum atomic E-state index is 11.9. The Labute approximate surface area is 113 Å². The Balaban J connectivity index is 2.68. The van der Waals surface area contributed by atoms with Gasteiger partial charge < -0.3 is 20.9 Å². The third-order valence-electron chi connectivity index (χ3n) is 3.79. The van der Waals surface area contributed by atoms with Gasteiger partial charge in [-0.05, 0) is 18.8 Å². The first kappa shape index (κ1) is 15.9. The highest BCUT2D eigenvalue weighted by Crippen LogP contribution is 2.32. The maximum Gasteiger partial charge on any atom is 0.329 e. The van der Waals surface area contributed by atoms with E-state index in [4.69, 9.17) is 10.5 Å². The highest BCUT2D eigenvalue weighted by atomic mass is 16.5. The van der Waals surface area contributed by atoms with E-state index < -0.39 is 11.5 Å². The van der Waals surface area contributed by atoms with Crippen molar-refractivity contribution >= 4 is 11.9 Å². The van der Waals surface area contributed by atoms with Crippen molar-refractivity contribution < 1.29 is 19.4 Å². The van der Waals surface area contributed by atoms with Gasteiger partial charge in [0, 0.05) is 13.7 Å². The van der Waals surface area contributed by atoms with Crippen LogP contribution in [0.2, 0.25) is 0 Å². The van der Waals surface area contributed by atoms with Crippen LogP contribution in [0.15, 0.2) is 0 Å². The molecule has 0 aromatic carbocycles. The minimum atomic E-state index is -1.12. The first-order valence-electron chi connectivity index (χ1n) is 6.71. The maximum absolute atomic E-state index is 11.9. The molecular weight excluding hydrogens is 248 g/mol. The molecule has 0 aromatic rings. The van der Waals surface area contributed by atoms with Gasteiger partial charge in [0.05, 0.1) is 12.5 Å². The van der Waals surface area contributed by atoms with Crippen molar-refractivity contribution in [3.8, 4) is 0 Å². The fourth-order valence-corrected chi connectivity index (χ4v) is 2.70. The monoisotopic (exact) mass is 272 g/mol. The first-order chi connectivity index (χ1) is 8.93. The topological polar surface area (TPSA) is 102 Å². The van der Waals surface area contributed by atoms with Crippen LogP contribution in [0.4, 0.5) is 0 Å². The van der Waals surface area contributed by atoms with Gasteiger partial charge in [0.15, 0.2) is 0 Å². The number of methoxy groups -OCH3 is 1. The van der Waals surface area contributed by atoms with Crippen molar-refractivity contribution in [1.29, 1.82) is 0 Å². The third kappa shape index (κ3) is 4.18. The molecule has 19 heavy (non-hydrogen) atoms. The molecule has 1 rings (SSSR count). The average molecular weight is 272 g/mol. The summed E-state index contributed by atoms with van der Waals surface area (Å²) in [6, 6.07) is 0. The third-order valence-corrected chi connectivity index (χ3v) is 3.79. The number of ether oxygens (including phenoxy) is 1. The Kier molecular flexibility index (Phi) is 5.75. The molecular formula is C13H24N2O4. The van der Waals surface area contributed by atoms with E-state index in [9.17, 15) is 14.7 Å². The number of amides is 1. The molecule has 110 valence electrons. The number of nitrogens with one attached hydrogen (secondary N) is 1. The van der Waals surface area contributed by atoms with Crippen LogP contribution in [-0.2, 0) is 14.3 Å². The molecule has 4 N–H and O–H groups in total. The Morgan fingerprint density at radius 2 is 2.26 bits per heavy atom. The lowest BCUT2D eigenvalue weighted by Gasteiger charge is -2.37. The van der Waals surface area contributed by atoms with Crippen molar-refractivity contribution in [2.75, 3.05) is 13.7 Å². The van der Waals surface area contributed by atoms with Crippen LogP contribution in [0.3, 0.4) is 0 Å². The second-order valence-corrected chi connectivity index (χ2v) is 5.43. The minimum absolute atomic E-state index is 0.0937. The van der Waals surface area contributed by atoms with Crippen LogP contribution in [-0.4, -0.2) is 42.3 Å². The summed E-state index contributed by atoms with van der Waals surface area (Å²) in [5, 5.41) is 12.1. The van der Waals surface area contributed by atoms with Crippen molar-refractivity contribution in [3.63, 3.8) is 0 Å². The molecule has 0 aromatic heterocycles. The van der Waals surface area contributed by atoms with Gasteiger partial charge in [0.2, 0.25) is 5.91 Å². The van der Waals surface area contributed by atoms with Crippen LogP contribution in [0.5, 0.6) is 0 Å². The minimum Gasteiger partial charge on any atom is -0.480 e. The molecule has 1 fully saturated rings. The Bertz CT molecular complexity index is 331. The molecule has 0 aliphatic heterocycles. The number of aliphatic carboxylic acids is 1. The van der Waals surface area contributed by atoms with Gasteiger partial charge in [-0.1, -0.05) is 19.8 Å². The number of carbonyl (C=O) groups excluding carboxylic acids is 1. The number of nitrogens with two attached hydrogens (primary N) is 1. The molecule has 6 heteroatoms. The van der Waals surface area contributed by atoms with Gasteiger partial charge in [-0.25, -0.2) is 4.79 Å². The fraction of sp³-hybridized carbons (Fsp3) is 0.846. The van der Waals surface area contributed by atoms with Gasteiger partial charge in [0.25, 0.3) is 0 Å². The zero-order valence-corrected chi connectivity index (χ0v) is 11.6. The Hall–Kier alpha value is -1.14. The van der Waals surface area contributed by atoms with Crippen LogP contribution in [0, 0.1) is 5.92 Å². The molecule has 3 atom stereocenters. The molecule has 6 nitrogen and oxygen atoms in total. The fourth-order valence-electron chi connectivity index (χ4n) is 2.70. The second-order valence-electron chi connectivity index (χ2n) is 5.43. The lowest BCUT2D eigenvalue weighted by Crippen LogP contribution is -2.57. The predicted molar refractivity (Wildman–Crippen MR) is 70.6 cm³/mol. The predicted octanol–water partition coefficient (Wildman–Crippen LogP) is 0.500. The molecule has 3 unspecified atom stereocenters. The molecule has 1 aliphatic carbocycles. The summed E-state index contributed by atoms with van der Waals surface area (Å²) >= 11 is 0. The zero-order chi connectivity index (χ0) is 14.5. The van der Waals surface area contributed by atoms with E-state index in [1.165, 1.54) is 7.11 Å². The van der Waals surface area contributed by atoms with Gasteiger partial charge in [-0.15, -0.1) is 0 Å². The molecule has 0 saturated heterocycles. The van der Waals surface area contributed by atoms with Gasteiger partial charge >= 0.3 is 5.97 Å². The highest BCUT2D eigenvalue weighted by Gasteiger charge is 2.43. The largest absolute Gasteiger partial charge is 0.480 e. The molecule has 1 amide bonds. The lowest BCUT2D eigenvalue weighted by atomic mass is 9.76. The molecule has 1 aliphatic rings. The molecule has 1 saturated carbocycles. The summed E-state index contributed by atoms with van der Waals surface area (Å²) in [7, 11) is 1.49. The van der Waals surface area contributed by atoms with Gasteiger partial charge in [-0.3, -0.25) is 4.79 Å². The van der Waals surface area contributed by atoms with Crippen molar-refractivity contribution in [2.24, 2.45) is 11.7 Å². The Morgan fingerprint density at radius 3 is 2.74 bits per heavy atom. The number of carboxylic acid groups (broad SMARTS) is 1. The molecule has 0 radical (unpaired) electrons. The summed E-state index contributed by atoms with van der Waals surface area (Å²) in [6.07, 6.45) is 2.52. The number of carbonyl (C=O) groups is 2. The van der Waals surface area contributed by atoms with E-state index >= 15 is 0 Å². The van der Waals surface area contributed by atoms with Crippen molar-refractivity contribution in [2.45, 2.75) is 50.7 Å². The summed E-state index contributed by atoms with van der Waals surface area (Å²) in [5.74, 6) is -0.958. The number of hydrogen-bond donors (Lipinski definition) is 3. The van der Waals surface area contributed by atoms with Crippen LogP contribution < -0.4 is 11.1 Å². The van der Waals surface area contributed by atoms with Crippen molar-refractivity contribution in [1.82, 2.24) is 5.32 Å². The average Bonchev–Trinajstić information content (AvgIpc) is 2.35. The van der Waals surface area contributed by atoms with E-state index in [1.54, 1.807) is 0 Å². The van der Waals surface area contributed by atoms with Gasteiger partial charge in [-0.2, -0.15) is 0 Å². The number of hydrogen-bond acceptors (Lipinski definition) is 4. The molecule has 0 heterocycles. The SMILES string of the molecule is COC(CN)CC(=O)NC1(C(=O)O)CCCC(C)C1. The van der Waals surface area contributed by atoms with E-state index in [2.05, 4.69) is 5.32 Å². The van der Waals surface area contributed by atoms with Crippen LogP contribution in [0.25, 0.3) is 0 Å². The quantitative estimate of drug-likeness (QED) is 0.653. The van der Waals surface area contributed by atoms with E-state index in [0.29, 0.717) is 18.8 Å². The zero-order valence-electron chi connectivity index (χ0n) is 11.6. The number of carboxylic acids is 1.